The molecule has 0 heterocycles. The van der Waals surface area contributed by atoms with E-state index in [1.54, 1.807) is 4.90 Å². The van der Waals surface area contributed by atoms with E-state index in [9.17, 15) is 9.90 Å². The van der Waals surface area contributed by atoms with Gasteiger partial charge in [0.2, 0.25) is 0 Å². The number of aliphatic hydroxyl groups excluding tert-OH is 1. The van der Waals surface area contributed by atoms with Gasteiger partial charge in [-0.25, -0.2) is 4.79 Å². The fraction of sp³-hybridized carbons (Fsp3) is 0.435. The molecule has 0 spiro atoms. The van der Waals surface area contributed by atoms with Crippen molar-refractivity contribution in [3.63, 3.8) is 0 Å². The number of rotatable bonds is 7. The number of amides is 1. The van der Waals surface area contributed by atoms with E-state index in [1.165, 1.54) is 0 Å². The molecule has 4 nitrogen and oxygen atoms in total. The second kappa shape index (κ2) is 9.56. The minimum atomic E-state index is -0.761. The van der Waals surface area contributed by atoms with Crippen molar-refractivity contribution in [1.82, 2.24) is 4.90 Å². The van der Waals surface area contributed by atoms with Crippen LogP contribution in [0.3, 0.4) is 0 Å². The molecule has 146 valence electrons. The van der Waals surface area contributed by atoms with Crippen molar-refractivity contribution < 1.29 is 14.6 Å². The molecule has 1 amide bonds. The lowest BCUT2D eigenvalue weighted by molar-refractivity contribution is 0.00305. The summed E-state index contributed by atoms with van der Waals surface area (Å²) in [5.74, 6) is 0. The SMILES string of the molecule is CC[C@H](Cc1ccccc1)N(C[C@@H](O)c1ccccc1)C(=O)OC(C)(C)C. The standard InChI is InChI=1S/C23H31NO3/c1-5-20(16-18-12-8-6-9-13-18)24(22(26)27-23(2,3)4)17-21(25)19-14-10-7-11-15-19/h6-15,20-21,25H,5,16-17H2,1-4H3/t20-,21-/m1/s1. The molecule has 0 aliphatic carbocycles. The first-order valence-electron chi connectivity index (χ1n) is 9.56. The van der Waals surface area contributed by atoms with Gasteiger partial charge in [-0.2, -0.15) is 0 Å². The van der Waals surface area contributed by atoms with E-state index in [2.05, 4.69) is 19.1 Å². The predicted octanol–water partition coefficient (Wildman–Crippen LogP) is 4.98. The van der Waals surface area contributed by atoms with E-state index >= 15 is 0 Å². The van der Waals surface area contributed by atoms with Crippen molar-refractivity contribution in [2.45, 2.75) is 58.3 Å². The van der Waals surface area contributed by atoms with E-state index in [0.717, 1.165) is 24.0 Å². The Bertz CT molecular complexity index is 695. The monoisotopic (exact) mass is 369 g/mol. The number of nitrogens with zero attached hydrogens (tertiary/aromatic N) is 1. The van der Waals surface area contributed by atoms with Crippen LogP contribution in [0.15, 0.2) is 60.7 Å². The Kier molecular flexibility index (Phi) is 7.43. The van der Waals surface area contributed by atoms with Crippen molar-refractivity contribution in [1.29, 1.82) is 0 Å². The van der Waals surface area contributed by atoms with Crippen LogP contribution in [-0.4, -0.2) is 34.3 Å². The maximum Gasteiger partial charge on any atom is 0.410 e. The summed E-state index contributed by atoms with van der Waals surface area (Å²) in [5, 5.41) is 10.7. The molecule has 0 aliphatic rings. The molecule has 0 aromatic heterocycles. The second-order valence-electron chi connectivity index (χ2n) is 7.81. The van der Waals surface area contributed by atoms with Crippen LogP contribution >= 0.6 is 0 Å². The van der Waals surface area contributed by atoms with Gasteiger partial charge < -0.3 is 14.7 Å². The molecular weight excluding hydrogens is 338 g/mol. The van der Waals surface area contributed by atoms with E-state index in [4.69, 9.17) is 4.74 Å². The van der Waals surface area contributed by atoms with Crippen LogP contribution < -0.4 is 0 Å². The van der Waals surface area contributed by atoms with Gasteiger partial charge >= 0.3 is 6.09 Å². The fourth-order valence-corrected chi connectivity index (χ4v) is 3.02. The molecule has 0 bridgehead atoms. The molecule has 4 heteroatoms. The molecule has 2 aromatic carbocycles. The Hall–Kier alpha value is -2.33. The number of ether oxygens (including phenoxy) is 1. The summed E-state index contributed by atoms with van der Waals surface area (Å²) >= 11 is 0. The van der Waals surface area contributed by atoms with Crippen molar-refractivity contribution in [2.24, 2.45) is 0 Å². The number of aliphatic hydroxyl groups is 1. The van der Waals surface area contributed by atoms with Crippen LogP contribution in [0.25, 0.3) is 0 Å². The Morgan fingerprint density at radius 2 is 1.59 bits per heavy atom. The van der Waals surface area contributed by atoms with Crippen LogP contribution in [0.5, 0.6) is 0 Å². The van der Waals surface area contributed by atoms with Crippen molar-refractivity contribution in [3.8, 4) is 0 Å². The van der Waals surface area contributed by atoms with Gasteiger partial charge in [0, 0.05) is 6.04 Å². The highest BCUT2D eigenvalue weighted by Gasteiger charge is 2.29. The Labute approximate surface area is 162 Å². The van der Waals surface area contributed by atoms with E-state index in [1.807, 2.05) is 69.3 Å². The van der Waals surface area contributed by atoms with Crippen LogP contribution in [0.4, 0.5) is 4.79 Å². The molecule has 0 aliphatic heterocycles. The smallest absolute Gasteiger partial charge is 0.410 e. The van der Waals surface area contributed by atoms with Gasteiger partial charge in [-0.1, -0.05) is 67.6 Å². The highest BCUT2D eigenvalue weighted by atomic mass is 16.6. The van der Waals surface area contributed by atoms with Gasteiger partial charge in [0.25, 0.3) is 0 Å². The van der Waals surface area contributed by atoms with Gasteiger partial charge in [-0.15, -0.1) is 0 Å². The first-order valence-corrected chi connectivity index (χ1v) is 9.56. The molecule has 27 heavy (non-hydrogen) atoms. The van der Waals surface area contributed by atoms with Crippen molar-refractivity contribution in [3.05, 3.63) is 71.8 Å². The molecule has 1 N–H and O–H groups in total. The molecule has 0 fully saturated rings. The van der Waals surface area contributed by atoms with Gasteiger partial charge in [-0.3, -0.25) is 0 Å². The minimum Gasteiger partial charge on any atom is -0.444 e. The van der Waals surface area contributed by atoms with Gasteiger partial charge in [-0.05, 0) is 44.7 Å². The van der Waals surface area contributed by atoms with Gasteiger partial charge in [0.05, 0.1) is 12.6 Å². The fourth-order valence-electron chi connectivity index (χ4n) is 3.02. The van der Waals surface area contributed by atoms with Crippen LogP contribution in [0, 0.1) is 0 Å². The molecule has 0 saturated heterocycles. The highest BCUT2D eigenvalue weighted by molar-refractivity contribution is 5.68. The molecule has 0 unspecified atom stereocenters. The van der Waals surface area contributed by atoms with E-state index in [-0.39, 0.29) is 18.7 Å². The third-order valence-electron chi connectivity index (χ3n) is 4.41. The lowest BCUT2D eigenvalue weighted by atomic mass is 10.0. The van der Waals surface area contributed by atoms with Crippen molar-refractivity contribution in [2.75, 3.05) is 6.54 Å². The zero-order chi connectivity index (χ0) is 19.9. The number of benzene rings is 2. The average molecular weight is 370 g/mol. The second-order valence-corrected chi connectivity index (χ2v) is 7.81. The summed E-state index contributed by atoms with van der Waals surface area (Å²) in [6.45, 7) is 7.82. The summed E-state index contributed by atoms with van der Waals surface area (Å²) in [6, 6.07) is 19.5. The summed E-state index contributed by atoms with van der Waals surface area (Å²) in [6.07, 6.45) is 0.345. The predicted molar refractivity (Wildman–Crippen MR) is 109 cm³/mol. The van der Waals surface area contributed by atoms with Crippen molar-refractivity contribution >= 4 is 6.09 Å². The molecule has 0 radical (unpaired) electrons. The summed E-state index contributed by atoms with van der Waals surface area (Å²) in [4.78, 5) is 14.6. The van der Waals surface area contributed by atoms with Crippen LogP contribution in [0.1, 0.15) is 51.3 Å². The summed E-state index contributed by atoms with van der Waals surface area (Å²) < 4.78 is 5.63. The summed E-state index contributed by atoms with van der Waals surface area (Å²) in [5.41, 5.74) is 1.37. The molecule has 0 saturated carbocycles. The van der Waals surface area contributed by atoms with Crippen LogP contribution in [-0.2, 0) is 11.2 Å². The van der Waals surface area contributed by atoms with E-state index in [0.29, 0.717) is 0 Å². The Morgan fingerprint density at radius 1 is 1.04 bits per heavy atom. The molecule has 2 aromatic rings. The largest absolute Gasteiger partial charge is 0.444 e. The third kappa shape index (κ3) is 6.72. The first kappa shape index (κ1) is 21.0. The third-order valence-corrected chi connectivity index (χ3v) is 4.41. The number of hydrogen-bond acceptors (Lipinski definition) is 3. The maximum absolute atomic E-state index is 12.9. The average Bonchev–Trinajstić information content (AvgIpc) is 2.64. The maximum atomic E-state index is 12.9. The topological polar surface area (TPSA) is 49.8 Å². The minimum absolute atomic E-state index is 0.0550. The zero-order valence-corrected chi connectivity index (χ0v) is 16.8. The zero-order valence-electron chi connectivity index (χ0n) is 16.8. The summed E-state index contributed by atoms with van der Waals surface area (Å²) in [7, 11) is 0. The lowest BCUT2D eigenvalue weighted by Crippen LogP contribution is -2.46. The number of carbonyl (C=O) groups excluding carboxylic acids is 1. The quantitative estimate of drug-likeness (QED) is 0.749. The Balaban J connectivity index is 2.22. The molecular formula is C23H31NO3. The highest BCUT2D eigenvalue weighted by Crippen LogP contribution is 2.21. The lowest BCUT2D eigenvalue weighted by Gasteiger charge is -2.34. The van der Waals surface area contributed by atoms with Gasteiger partial charge in [0.15, 0.2) is 0 Å². The molecule has 2 atom stereocenters. The van der Waals surface area contributed by atoms with Gasteiger partial charge in [0.1, 0.15) is 5.60 Å². The van der Waals surface area contributed by atoms with Crippen LogP contribution in [0.2, 0.25) is 0 Å². The number of carbonyl (C=O) groups is 1. The first-order chi connectivity index (χ1) is 12.8. The normalized spacial score (nSPS) is 13.7. The Morgan fingerprint density at radius 3 is 2.11 bits per heavy atom. The van der Waals surface area contributed by atoms with E-state index < -0.39 is 11.7 Å². The molecule has 2 rings (SSSR count). The number of hydrogen-bond donors (Lipinski definition) is 1.